The molecule has 1 aromatic rings. The van der Waals surface area contributed by atoms with Crippen molar-refractivity contribution in [1.29, 1.82) is 0 Å². The van der Waals surface area contributed by atoms with Gasteiger partial charge in [0.1, 0.15) is 0 Å². The predicted molar refractivity (Wildman–Crippen MR) is 81.9 cm³/mol. The van der Waals surface area contributed by atoms with E-state index in [-0.39, 0.29) is 0 Å². The lowest BCUT2D eigenvalue weighted by Crippen LogP contribution is -2.35. The first-order valence-corrected chi connectivity index (χ1v) is 7.57. The summed E-state index contributed by atoms with van der Waals surface area (Å²) in [6.45, 7) is 4.10. The van der Waals surface area contributed by atoms with Crippen molar-refractivity contribution in [2.45, 2.75) is 51.7 Å². The molecule has 1 fully saturated rings. The van der Waals surface area contributed by atoms with Crippen LogP contribution in [-0.4, -0.2) is 18.2 Å². The lowest BCUT2D eigenvalue weighted by molar-refractivity contribution is 0.199. The molecule has 0 spiro atoms. The van der Waals surface area contributed by atoms with Gasteiger partial charge in [0.05, 0.1) is 16.8 Å². The minimum Gasteiger partial charge on any atom is -0.389 e. The molecule has 1 aliphatic carbocycles. The maximum atomic E-state index is 9.58. The Morgan fingerprint density at radius 1 is 1.26 bits per heavy atom. The molecule has 0 heterocycles. The standard InChI is InChI=1S/C16H24ClNO/c1-11-4-7-14(8-5-11)18(3)16-9-6-13(12(2)19)10-15(16)17/h6,9-12,14,19H,4-5,7-8H2,1-3H3. The van der Waals surface area contributed by atoms with E-state index in [4.69, 9.17) is 11.6 Å². The zero-order chi connectivity index (χ0) is 14.0. The number of anilines is 1. The molecule has 2 rings (SSSR count). The molecule has 0 saturated heterocycles. The van der Waals surface area contributed by atoms with E-state index in [2.05, 4.69) is 18.9 Å². The van der Waals surface area contributed by atoms with Crippen LogP contribution in [0.15, 0.2) is 18.2 Å². The number of nitrogens with zero attached hydrogens (tertiary/aromatic N) is 1. The van der Waals surface area contributed by atoms with E-state index in [0.29, 0.717) is 6.04 Å². The number of hydrogen-bond acceptors (Lipinski definition) is 2. The lowest BCUT2D eigenvalue weighted by Gasteiger charge is -2.35. The van der Waals surface area contributed by atoms with Crippen LogP contribution in [0.4, 0.5) is 5.69 Å². The Balaban J connectivity index is 2.12. The number of rotatable bonds is 3. The zero-order valence-electron chi connectivity index (χ0n) is 12.1. The van der Waals surface area contributed by atoms with Crippen LogP contribution in [0.5, 0.6) is 0 Å². The molecule has 19 heavy (non-hydrogen) atoms. The van der Waals surface area contributed by atoms with Gasteiger partial charge in [-0.3, -0.25) is 0 Å². The summed E-state index contributed by atoms with van der Waals surface area (Å²) in [7, 11) is 2.13. The fourth-order valence-electron chi connectivity index (χ4n) is 2.90. The molecule has 1 saturated carbocycles. The summed E-state index contributed by atoms with van der Waals surface area (Å²) in [4.78, 5) is 2.31. The van der Waals surface area contributed by atoms with Crippen LogP contribution in [0.1, 0.15) is 51.2 Å². The molecular weight excluding hydrogens is 258 g/mol. The van der Waals surface area contributed by atoms with Crippen molar-refractivity contribution in [2.75, 3.05) is 11.9 Å². The second-order valence-corrected chi connectivity index (χ2v) is 6.32. The normalized spacial score (nSPS) is 25.1. The van der Waals surface area contributed by atoms with Gasteiger partial charge in [0, 0.05) is 13.1 Å². The molecule has 0 amide bonds. The predicted octanol–water partition coefficient (Wildman–Crippen LogP) is 4.41. The molecule has 1 unspecified atom stereocenters. The van der Waals surface area contributed by atoms with Crippen molar-refractivity contribution < 1.29 is 5.11 Å². The zero-order valence-corrected chi connectivity index (χ0v) is 12.8. The van der Waals surface area contributed by atoms with Crippen molar-refractivity contribution in [1.82, 2.24) is 0 Å². The lowest BCUT2D eigenvalue weighted by atomic mass is 9.86. The first kappa shape index (κ1) is 14.7. The topological polar surface area (TPSA) is 23.5 Å². The molecule has 0 radical (unpaired) electrons. The second-order valence-electron chi connectivity index (χ2n) is 5.91. The Kier molecular flexibility index (Phi) is 4.75. The highest BCUT2D eigenvalue weighted by Gasteiger charge is 2.23. The molecule has 0 aliphatic heterocycles. The van der Waals surface area contributed by atoms with Gasteiger partial charge in [-0.2, -0.15) is 0 Å². The van der Waals surface area contributed by atoms with Crippen molar-refractivity contribution in [2.24, 2.45) is 5.92 Å². The van der Waals surface area contributed by atoms with Crippen LogP contribution in [0.3, 0.4) is 0 Å². The molecule has 106 valence electrons. The van der Waals surface area contributed by atoms with E-state index in [0.717, 1.165) is 22.2 Å². The third-order valence-electron chi connectivity index (χ3n) is 4.37. The van der Waals surface area contributed by atoms with E-state index < -0.39 is 6.10 Å². The highest BCUT2D eigenvalue weighted by molar-refractivity contribution is 6.33. The fraction of sp³-hybridized carbons (Fsp3) is 0.625. The minimum atomic E-state index is -0.465. The minimum absolute atomic E-state index is 0.465. The van der Waals surface area contributed by atoms with Gasteiger partial charge in [0.15, 0.2) is 0 Å². The van der Waals surface area contributed by atoms with Gasteiger partial charge in [-0.25, -0.2) is 0 Å². The molecule has 3 heteroatoms. The highest BCUT2D eigenvalue weighted by Crippen LogP contribution is 2.34. The summed E-state index contributed by atoms with van der Waals surface area (Å²) in [5.41, 5.74) is 1.95. The van der Waals surface area contributed by atoms with E-state index in [9.17, 15) is 5.11 Å². The van der Waals surface area contributed by atoms with Crippen molar-refractivity contribution in [3.8, 4) is 0 Å². The average Bonchev–Trinajstić information content (AvgIpc) is 2.38. The molecule has 0 bridgehead atoms. The quantitative estimate of drug-likeness (QED) is 0.887. The van der Waals surface area contributed by atoms with Crippen LogP contribution in [0.25, 0.3) is 0 Å². The SMILES string of the molecule is CC1CCC(N(C)c2ccc(C(C)O)cc2Cl)CC1. The molecule has 1 N–H and O–H groups in total. The maximum Gasteiger partial charge on any atom is 0.0762 e. The summed E-state index contributed by atoms with van der Waals surface area (Å²) in [6.07, 6.45) is 4.63. The van der Waals surface area contributed by atoms with Gasteiger partial charge < -0.3 is 10.0 Å². The Bertz CT molecular complexity index is 425. The molecule has 1 aliphatic rings. The van der Waals surface area contributed by atoms with E-state index in [1.54, 1.807) is 6.92 Å². The Morgan fingerprint density at radius 2 is 1.89 bits per heavy atom. The summed E-state index contributed by atoms with van der Waals surface area (Å²) in [5.74, 6) is 0.859. The van der Waals surface area contributed by atoms with Gasteiger partial charge in [-0.05, 0) is 56.2 Å². The van der Waals surface area contributed by atoms with Crippen LogP contribution in [-0.2, 0) is 0 Å². The molecule has 2 nitrogen and oxygen atoms in total. The number of aliphatic hydroxyl groups is 1. The van der Waals surface area contributed by atoms with Crippen LogP contribution < -0.4 is 4.90 Å². The molecule has 1 atom stereocenters. The van der Waals surface area contributed by atoms with Crippen molar-refractivity contribution in [3.05, 3.63) is 28.8 Å². The van der Waals surface area contributed by atoms with Gasteiger partial charge >= 0.3 is 0 Å². The van der Waals surface area contributed by atoms with Crippen molar-refractivity contribution >= 4 is 17.3 Å². The van der Waals surface area contributed by atoms with E-state index >= 15 is 0 Å². The summed E-state index contributed by atoms with van der Waals surface area (Å²) in [5, 5.41) is 10.3. The average molecular weight is 282 g/mol. The third kappa shape index (κ3) is 3.43. The van der Waals surface area contributed by atoms with Crippen LogP contribution >= 0.6 is 11.6 Å². The van der Waals surface area contributed by atoms with E-state index in [1.807, 2.05) is 18.2 Å². The third-order valence-corrected chi connectivity index (χ3v) is 4.67. The number of benzene rings is 1. The fourth-order valence-corrected chi connectivity index (χ4v) is 3.22. The maximum absolute atomic E-state index is 9.58. The Hall–Kier alpha value is -0.730. The number of aliphatic hydroxyl groups excluding tert-OH is 1. The van der Waals surface area contributed by atoms with Gasteiger partial charge in [-0.15, -0.1) is 0 Å². The first-order valence-electron chi connectivity index (χ1n) is 7.19. The van der Waals surface area contributed by atoms with Gasteiger partial charge in [0.2, 0.25) is 0 Å². The molecule has 1 aromatic carbocycles. The number of halogens is 1. The Labute approximate surface area is 121 Å². The van der Waals surface area contributed by atoms with Gasteiger partial charge in [0.25, 0.3) is 0 Å². The summed E-state index contributed by atoms with van der Waals surface area (Å²) in [6, 6.07) is 6.46. The first-order chi connectivity index (χ1) is 8.99. The van der Waals surface area contributed by atoms with Crippen LogP contribution in [0.2, 0.25) is 5.02 Å². The van der Waals surface area contributed by atoms with Crippen LogP contribution in [0, 0.1) is 5.92 Å². The Morgan fingerprint density at radius 3 is 2.42 bits per heavy atom. The largest absolute Gasteiger partial charge is 0.389 e. The molecular formula is C16H24ClNO. The van der Waals surface area contributed by atoms with Gasteiger partial charge in [-0.1, -0.05) is 24.6 Å². The summed E-state index contributed by atoms with van der Waals surface area (Å²) < 4.78 is 0. The highest BCUT2D eigenvalue weighted by atomic mass is 35.5. The summed E-state index contributed by atoms with van der Waals surface area (Å²) >= 11 is 6.36. The smallest absolute Gasteiger partial charge is 0.0762 e. The van der Waals surface area contributed by atoms with Crippen molar-refractivity contribution in [3.63, 3.8) is 0 Å². The second kappa shape index (κ2) is 6.15. The number of hydrogen-bond donors (Lipinski definition) is 1. The van der Waals surface area contributed by atoms with E-state index in [1.165, 1.54) is 25.7 Å². The monoisotopic (exact) mass is 281 g/mol. The molecule has 0 aromatic heterocycles.